The summed E-state index contributed by atoms with van der Waals surface area (Å²) in [6, 6.07) is 14.8. The summed E-state index contributed by atoms with van der Waals surface area (Å²) in [5.74, 6) is -0.000924. The highest BCUT2D eigenvalue weighted by Crippen LogP contribution is 2.34. The van der Waals surface area contributed by atoms with Crippen molar-refractivity contribution in [2.45, 2.75) is 6.36 Å². The first-order chi connectivity index (χ1) is 8.54. The summed E-state index contributed by atoms with van der Waals surface area (Å²) in [6.07, 6.45) is -4.75. The molecule has 0 aliphatic heterocycles. The lowest BCUT2D eigenvalue weighted by molar-refractivity contribution is -0.275. The maximum atomic E-state index is 12.2. The van der Waals surface area contributed by atoms with Crippen LogP contribution in [-0.4, -0.2) is 6.36 Å². The molecule has 2 aromatic rings. The normalized spacial score (nSPS) is 11.1. The summed E-state index contributed by atoms with van der Waals surface area (Å²) in [5, 5.41) is 0. The Bertz CT molecular complexity index is 509. The highest BCUT2D eigenvalue weighted by Gasteiger charge is 2.32. The van der Waals surface area contributed by atoms with Gasteiger partial charge in [-0.25, -0.2) is 0 Å². The SMILES string of the molecule is FC(F)(F)Oc1ccccc1Oc1c[c]ccc1. The van der Waals surface area contributed by atoms with Crippen molar-refractivity contribution in [1.29, 1.82) is 0 Å². The summed E-state index contributed by atoms with van der Waals surface area (Å²) in [7, 11) is 0. The minimum Gasteiger partial charge on any atom is -0.453 e. The van der Waals surface area contributed by atoms with E-state index < -0.39 is 6.36 Å². The van der Waals surface area contributed by atoms with Crippen molar-refractivity contribution in [1.82, 2.24) is 0 Å². The molecule has 1 radical (unpaired) electrons. The van der Waals surface area contributed by atoms with Crippen LogP contribution in [0.15, 0.2) is 48.5 Å². The molecule has 0 aliphatic rings. The predicted molar refractivity (Wildman–Crippen MR) is 58.5 cm³/mol. The van der Waals surface area contributed by atoms with Crippen LogP contribution in [0, 0.1) is 6.07 Å². The Balaban J connectivity index is 2.23. The maximum absolute atomic E-state index is 12.2. The van der Waals surface area contributed by atoms with E-state index in [1.807, 2.05) is 0 Å². The first kappa shape index (κ1) is 12.3. The molecule has 2 aromatic carbocycles. The van der Waals surface area contributed by atoms with E-state index in [4.69, 9.17) is 4.74 Å². The highest BCUT2D eigenvalue weighted by atomic mass is 19.4. The molecule has 0 spiro atoms. The number of alkyl halides is 3. The van der Waals surface area contributed by atoms with Crippen LogP contribution >= 0.6 is 0 Å². The number of halogens is 3. The molecule has 0 heterocycles. The fraction of sp³-hybridized carbons (Fsp3) is 0.0769. The molecule has 0 unspecified atom stereocenters. The Hall–Kier alpha value is -2.17. The van der Waals surface area contributed by atoms with Crippen LogP contribution in [0.25, 0.3) is 0 Å². The molecule has 0 aromatic heterocycles. The van der Waals surface area contributed by atoms with Crippen LogP contribution in [-0.2, 0) is 0 Å². The summed E-state index contributed by atoms with van der Waals surface area (Å²) in [4.78, 5) is 0. The van der Waals surface area contributed by atoms with Gasteiger partial charge in [-0.2, -0.15) is 0 Å². The summed E-state index contributed by atoms with van der Waals surface area (Å²) in [6.45, 7) is 0. The van der Waals surface area contributed by atoms with Crippen molar-refractivity contribution in [3.63, 3.8) is 0 Å². The van der Waals surface area contributed by atoms with E-state index in [2.05, 4.69) is 10.8 Å². The molecule has 2 rings (SSSR count). The standard InChI is InChI=1S/C13H8F3O2/c14-13(15,16)18-12-9-5-4-8-11(12)17-10-6-2-1-3-7-10/h1-2,4-9H. The van der Waals surface area contributed by atoms with Crippen LogP contribution in [0.4, 0.5) is 13.2 Å². The van der Waals surface area contributed by atoms with Crippen molar-refractivity contribution in [2.75, 3.05) is 0 Å². The van der Waals surface area contributed by atoms with Crippen molar-refractivity contribution >= 4 is 0 Å². The van der Waals surface area contributed by atoms with Crippen LogP contribution in [0.3, 0.4) is 0 Å². The van der Waals surface area contributed by atoms with Crippen molar-refractivity contribution in [3.8, 4) is 17.2 Å². The molecular formula is C13H8F3O2. The maximum Gasteiger partial charge on any atom is 0.573 e. The molecule has 18 heavy (non-hydrogen) atoms. The van der Waals surface area contributed by atoms with Crippen LogP contribution in [0.1, 0.15) is 0 Å². The van der Waals surface area contributed by atoms with Crippen LogP contribution in [0.2, 0.25) is 0 Å². The largest absolute Gasteiger partial charge is 0.573 e. The van der Waals surface area contributed by atoms with Gasteiger partial charge in [0.25, 0.3) is 0 Å². The number of hydrogen-bond donors (Lipinski definition) is 0. The number of rotatable bonds is 3. The fourth-order valence-electron chi connectivity index (χ4n) is 1.31. The van der Waals surface area contributed by atoms with E-state index in [0.717, 1.165) is 0 Å². The Morgan fingerprint density at radius 3 is 2.28 bits per heavy atom. The molecule has 5 heteroatoms. The van der Waals surface area contributed by atoms with Gasteiger partial charge in [-0.15, -0.1) is 13.2 Å². The highest BCUT2D eigenvalue weighted by molar-refractivity contribution is 5.42. The monoisotopic (exact) mass is 253 g/mol. The predicted octanol–water partition coefficient (Wildman–Crippen LogP) is 4.18. The molecule has 0 aliphatic carbocycles. The van der Waals surface area contributed by atoms with E-state index in [-0.39, 0.29) is 11.5 Å². The zero-order valence-corrected chi connectivity index (χ0v) is 9.07. The van der Waals surface area contributed by atoms with E-state index in [0.29, 0.717) is 5.75 Å². The second kappa shape index (κ2) is 5.00. The van der Waals surface area contributed by atoms with Crippen molar-refractivity contribution < 1.29 is 22.6 Å². The van der Waals surface area contributed by atoms with Gasteiger partial charge in [-0.05, 0) is 30.3 Å². The lowest BCUT2D eigenvalue weighted by Gasteiger charge is -2.13. The van der Waals surface area contributed by atoms with Crippen LogP contribution < -0.4 is 9.47 Å². The molecule has 0 N–H and O–H groups in total. The second-order valence-corrected chi connectivity index (χ2v) is 3.34. The molecule has 0 fully saturated rings. The average molecular weight is 253 g/mol. The van der Waals surface area contributed by atoms with Gasteiger partial charge in [-0.3, -0.25) is 0 Å². The lowest BCUT2D eigenvalue weighted by atomic mass is 10.3. The first-order valence-corrected chi connectivity index (χ1v) is 5.03. The lowest BCUT2D eigenvalue weighted by Crippen LogP contribution is -2.17. The zero-order chi connectivity index (χ0) is 13.0. The molecule has 0 saturated heterocycles. The second-order valence-electron chi connectivity index (χ2n) is 3.34. The Labute approximate surface area is 102 Å². The van der Waals surface area contributed by atoms with Gasteiger partial charge in [0.05, 0.1) is 0 Å². The van der Waals surface area contributed by atoms with Gasteiger partial charge in [0.1, 0.15) is 5.75 Å². The Kier molecular flexibility index (Phi) is 3.41. The third kappa shape index (κ3) is 3.41. The van der Waals surface area contributed by atoms with Gasteiger partial charge < -0.3 is 9.47 Å². The summed E-state index contributed by atoms with van der Waals surface area (Å²) < 4.78 is 45.7. The quantitative estimate of drug-likeness (QED) is 0.817. The smallest absolute Gasteiger partial charge is 0.453 e. The topological polar surface area (TPSA) is 18.5 Å². The van der Waals surface area contributed by atoms with E-state index in [9.17, 15) is 13.2 Å². The minimum absolute atomic E-state index is 0.00516. The average Bonchev–Trinajstić information content (AvgIpc) is 2.31. The minimum atomic E-state index is -4.75. The molecule has 0 saturated carbocycles. The molecule has 0 atom stereocenters. The van der Waals surface area contributed by atoms with Gasteiger partial charge in [-0.1, -0.05) is 24.3 Å². The molecule has 2 nitrogen and oxygen atoms in total. The van der Waals surface area contributed by atoms with Gasteiger partial charge in [0, 0.05) is 0 Å². The van der Waals surface area contributed by atoms with Gasteiger partial charge in [0.2, 0.25) is 0 Å². The Morgan fingerprint density at radius 1 is 0.944 bits per heavy atom. The Morgan fingerprint density at radius 2 is 1.67 bits per heavy atom. The van der Waals surface area contributed by atoms with E-state index in [1.165, 1.54) is 24.3 Å². The van der Waals surface area contributed by atoms with Crippen molar-refractivity contribution in [2.24, 2.45) is 0 Å². The summed E-state index contributed by atoms with van der Waals surface area (Å²) in [5.41, 5.74) is 0. The van der Waals surface area contributed by atoms with E-state index >= 15 is 0 Å². The number of para-hydroxylation sites is 2. The number of hydrogen-bond acceptors (Lipinski definition) is 2. The number of benzene rings is 2. The first-order valence-electron chi connectivity index (χ1n) is 5.03. The van der Waals surface area contributed by atoms with E-state index in [1.54, 1.807) is 24.3 Å². The van der Waals surface area contributed by atoms with Crippen LogP contribution in [0.5, 0.6) is 17.2 Å². The fourth-order valence-corrected chi connectivity index (χ4v) is 1.31. The summed E-state index contributed by atoms with van der Waals surface area (Å²) >= 11 is 0. The third-order valence-electron chi connectivity index (χ3n) is 1.98. The molecule has 0 bridgehead atoms. The third-order valence-corrected chi connectivity index (χ3v) is 1.98. The van der Waals surface area contributed by atoms with Gasteiger partial charge in [0.15, 0.2) is 11.5 Å². The molecule has 93 valence electrons. The molecule has 0 amide bonds. The number of ether oxygens (including phenoxy) is 2. The molecular weight excluding hydrogens is 245 g/mol. The van der Waals surface area contributed by atoms with Gasteiger partial charge >= 0.3 is 6.36 Å². The van der Waals surface area contributed by atoms with Crippen molar-refractivity contribution in [3.05, 3.63) is 54.6 Å². The zero-order valence-electron chi connectivity index (χ0n) is 9.07.